The van der Waals surface area contributed by atoms with Crippen LogP contribution in [0.15, 0.2) is 70.0 Å². The summed E-state index contributed by atoms with van der Waals surface area (Å²) in [6, 6.07) is 17.4. The van der Waals surface area contributed by atoms with Gasteiger partial charge in [0, 0.05) is 19.2 Å². The highest BCUT2D eigenvalue weighted by molar-refractivity contribution is 7.92. The second-order valence-electron chi connectivity index (χ2n) is 7.51. The molecule has 1 aliphatic heterocycles. The first-order chi connectivity index (χ1) is 14.4. The number of nitrogens with zero attached hydrogens (tertiary/aromatic N) is 2. The van der Waals surface area contributed by atoms with Gasteiger partial charge in [0.2, 0.25) is 0 Å². The molecule has 156 valence electrons. The number of carbonyl (C=O) groups excluding carboxylic acids is 1. The van der Waals surface area contributed by atoms with Crippen molar-refractivity contribution in [3.05, 3.63) is 83.3 Å². The van der Waals surface area contributed by atoms with E-state index in [-0.39, 0.29) is 10.8 Å². The van der Waals surface area contributed by atoms with Crippen LogP contribution in [0.25, 0.3) is 0 Å². The summed E-state index contributed by atoms with van der Waals surface area (Å²) < 4.78 is 33.4. The molecule has 0 unspecified atom stereocenters. The van der Waals surface area contributed by atoms with Crippen LogP contribution >= 0.6 is 0 Å². The third kappa shape index (κ3) is 3.85. The van der Waals surface area contributed by atoms with Crippen molar-refractivity contribution in [1.29, 1.82) is 0 Å². The highest BCUT2D eigenvalue weighted by atomic mass is 32.2. The number of carbonyl (C=O) groups is 1. The molecule has 2 aromatic carbocycles. The standard InChI is InChI=1S/C23H24N2O4S/c1-17-9-12-20(29-17)16-24(2)23(26)19-10-13-21(14-11-19)30(27,28)25-15-5-7-18-6-3-4-8-22(18)25/h3-4,6,8-14H,5,7,15-16H2,1-2H3. The first-order valence-electron chi connectivity index (χ1n) is 9.88. The van der Waals surface area contributed by atoms with Crippen molar-refractivity contribution in [2.24, 2.45) is 0 Å². The lowest BCUT2D eigenvalue weighted by atomic mass is 10.0. The molecule has 1 aromatic heterocycles. The van der Waals surface area contributed by atoms with E-state index >= 15 is 0 Å². The Morgan fingerprint density at radius 3 is 2.50 bits per heavy atom. The molecule has 7 heteroatoms. The molecule has 3 aromatic rings. The number of hydrogen-bond donors (Lipinski definition) is 0. The number of furan rings is 1. The van der Waals surface area contributed by atoms with Gasteiger partial charge in [-0.05, 0) is 67.8 Å². The zero-order valence-electron chi connectivity index (χ0n) is 17.0. The third-order valence-corrected chi connectivity index (χ3v) is 7.12. The topological polar surface area (TPSA) is 70.8 Å². The largest absolute Gasteiger partial charge is 0.464 e. The van der Waals surface area contributed by atoms with Gasteiger partial charge < -0.3 is 9.32 Å². The summed E-state index contributed by atoms with van der Waals surface area (Å²) >= 11 is 0. The second kappa shape index (κ2) is 7.99. The number of aryl methyl sites for hydroxylation is 2. The van der Waals surface area contributed by atoms with Crippen molar-refractivity contribution in [1.82, 2.24) is 4.90 Å². The predicted octanol–water partition coefficient (Wildman–Crippen LogP) is 4.00. The van der Waals surface area contributed by atoms with Gasteiger partial charge in [0.15, 0.2) is 0 Å². The minimum absolute atomic E-state index is 0.181. The summed E-state index contributed by atoms with van der Waals surface area (Å²) in [5.41, 5.74) is 2.20. The fourth-order valence-corrected chi connectivity index (χ4v) is 5.28. The highest BCUT2D eigenvalue weighted by Gasteiger charge is 2.29. The maximum Gasteiger partial charge on any atom is 0.264 e. The smallest absolute Gasteiger partial charge is 0.264 e. The van der Waals surface area contributed by atoms with E-state index in [2.05, 4.69) is 0 Å². The molecule has 0 spiro atoms. The van der Waals surface area contributed by atoms with Crippen molar-refractivity contribution in [3.8, 4) is 0 Å². The van der Waals surface area contributed by atoms with Crippen LogP contribution in [-0.4, -0.2) is 32.8 Å². The third-order valence-electron chi connectivity index (χ3n) is 5.29. The van der Waals surface area contributed by atoms with Gasteiger partial charge in [-0.2, -0.15) is 0 Å². The molecule has 1 amide bonds. The summed E-state index contributed by atoms with van der Waals surface area (Å²) in [7, 11) is -2.00. The molecule has 0 saturated carbocycles. The molecule has 4 rings (SSSR count). The van der Waals surface area contributed by atoms with Gasteiger partial charge in [-0.25, -0.2) is 8.42 Å². The average Bonchev–Trinajstić information content (AvgIpc) is 3.17. The predicted molar refractivity (Wildman–Crippen MR) is 115 cm³/mol. The molecule has 30 heavy (non-hydrogen) atoms. The zero-order chi connectivity index (χ0) is 21.3. The van der Waals surface area contributed by atoms with Gasteiger partial charge in [-0.15, -0.1) is 0 Å². The molecule has 0 saturated heterocycles. The van der Waals surface area contributed by atoms with Gasteiger partial charge >= 0.3 is 0 Å². The summed E-state index contributed by atoms with van der Waals surface area (Å²) in [5, 5.41) is 0. The maximum absolute atomic E-state index is 13.2. The lowest BCUT2D eigenvalue weighted by Crippen LogP contribution is -2.35. The number of sulfonamides is 1. The summed E-state index contributed by atoms with van der Waals surface area (Å²) in [6.07, 6.45) is 1.65. The molecule has 0 atom stereocenters. The number of para-hydroxylation sites is 1. The molecule has 0 bridgehead atoms. The molecule has 1 aliphatic rings. The molecule has 0 radical (unpaired) electrons. The van der Waals surface area contributed by atoms with Crippen molar-refractivity contribution < 1.29 is 17.6 Å². The lowest BCUT2D eigenvalue weighted by Gasteiger charge is -2.30. The van der Waals surface area contributed by atoms with Crippen molar-refractivity contribution in [3.63, 3.8) is 0 Å². The van der Waals surface area contributed by atoms with E-state index in [0.29, 0.717) is 24.4 Å². The zero-order valence-corrected chi connectivity index (χ0v) is 17.9. The molecule has 0 fully saturated rings. The van der Waals surface area contributed by atoms with E-state index in [4.69, 9.17) is 4.42 Å². The first-order valence-corrected chi connectivity index (χ1v) is 11.3. The number of hydrogen-bond acceptors (Lipinski definition) is 4. The second-order valence-corrected chi connectivity index (χ2v) is 9.37. The maximum atomic E-state index is 13.2. The fourth-order valence-electron chi connectivity index (χ4n) is 3.74. The normalized spacial score (nSPS) is 13.7. The van der Waals surface area contributed by atoms with Crippen LogP contribution in [0.4, 0.5) is 5.69 Å². The highest BCUT2D eigenvalue weighted by Crippen LogP contribution is 2.31. The van der Waals surface area contributed by atoms with E-state index in [1.165, 1.54) is 16.4 Å². The van der Waals surface area contributed by atoms with Crippen LogP contribution in [0, 0.1) is 6.92 Å². The van der Waals surface area contributed by atoms with Crippen LogP contribution < -0.4 is 4.31 Å². The minimum Gasteiger partial charge on any atom is -0.464 e. The average molecular weight is 425 g/mol. The Hall–Kier alpha value is -3.06. The Morgan fingerprint density at radius 2 is 1.80 bits per heavy atom. The SMILES string of the molecule is Cc1ccc(CN(C)C(=O)c2ccc(S(=O)(=O)N3CCCc4ccccc43)cc2)o1. The fraction of sp³-hybridized carbons (Fsp3) is 0.261. The number of benzene rings is 2. The van der Waals surface area contributed by atoms with Crippen LogP contribution in [0.1, 0.15) is 33.9 Å². The number of anilines is 1. The van der Waals surface area contributed by atoms with E-state index in [0.717, 1.165) is 29.9 Å². The minimum atomic E-state index is -3.69. The van der Waals surface area contributed by atoms with Gasteiger partial charge in [-0.1, -0.05) is 18.2 Å². The first kappa shape index (κ1) is 20.2. The van der Waals surface area contributed by atoms with E-state index < -0.39 is 10.0 Å². The monoisotopic (exact) mass is 424 g/mol. The lowest BCUT2D eigenvalue weighted by molar-refractivity contribution is 0.0775. The van der Waals surface area contributed by atoms with Gasteiger partial charge in [-0.3, -0.25) is 9.10 Å². The number of amides is 1. The summed E-state index contributed by atoms with van der Waals surface area (Å²) in [5.74, 6) is 1.29. The van der Waals surface area contributed by atoms with Crippen LogP contribution in [0.5, 0.6) is 0 Å². The van der Waals surface area contributed by atoms with Crippen LogP contribution in [-0.2, 0) is 23.0 Å². The van der Waals surface area contributed by atoms with Crippen molar-refractivity contribution in [2.45, 2.75) is 31.2 Å². The Kier molecular flexibility index (Phi) is 5.39. The van der Waals surface area contributed by atoms with Gasteiger partial charge in [0.1, 0.15) is 11.5 Å². The molecular formula is C23H24N2O4S. The Bertz CT molecular complexity index is 1170. The Morgan fingerprint density at radius 1 is 1.07 bits per heavy atom. The van der Waals surface area contributed by atoms with E-state index in [9.17, 15) is 13.2 Å². The quantitative estimate of drug-likeness (QED) is 0.621. The summed E-state index contributed by atoms with van der Waals surface area (Å²) in [4.78, 5) is 14.4. The van der Waals surface area contributed by atoms with Gasteiger partial charge in [0.25, 0.3) is 15.9 Å². The van der Waals surface area contributed by atoms with Crippen molar-refractivity contribution >= 4 is 21.6 Å². The summed E-state index contributed by atoms with van der Waals surface area (Å²) in [6.45, 7) is 2.65. The number of rotatable bonds is 5. The van der Waals surface area contributed by atoms with Crippen LogP contribution in [0.2, 0.25) is 0 Å². The van der Waals surface area contributed by atoms with E-state index in [1.807, 2.05) is 43.3 Å². The molecule has 2 heterocycles. The number of fused-ring (bicyclic) bond motifs is 1. The van der Waals surface area contributed by atoms with Gasteiger partial charge in [0.05, 0.1) is 17.1 Å². The Labute approximate surface area is 176 Å². The van der Waals surface area contributed by atoms with Crippen molar-refractivity contribution in [2.75, 3.05) is 17.9 Å². The van der Waals surface area contributed by atoms with E-state index in [1.54, 1.807) is 24.1 Å². The Balaban J connectivity index is 1.54. The molecule has 6 nitrogen and oxygen atoms in total. The molecule has 0 N–H and O–H groups in total. The van der Waals surface area contributed by atoms with Crippen LogP contribution in [0.3, 0.4) is 0 Å². The molecular weight excluding hydrogens is 400 g/mol. The molecule has 0 aliphatic carbocycles.